The van der Waals surface area contributed by atoms with Crippen molar-refractivity contribution in [3.63, 3.8) is 0 Å². The molecule has 100 valence electrons. The lowest BCUT2D eigenvalue weighted by Gasteiger charge is -2.05. The third kappa shape index (κ3) is 2.21. The van der Waals surface area contributed by atoms with E-state index in [4.69, 9.17) is 4.42 Å². The van der Waals surface area contributed by atoms with Gasteiger partial charge in [0.2, 0.25) is 0 Å². The zero-order chi connectivity index (χ0) is 14.1. The van der Waals surface area contributed by atoms with Gasteiger partial charge in [-0.05, 0) is 47.5 Å². The fourth-order valence-corrected chi connectivity index (χ4v) is 2.54. The summed E-state index contributed by atoms with van der Waals surface area (Å²) in [5.74, 6) is 0. The van der Waals surface area contributed by atoms with Crippen LogP contribution in [0.5, 0.6) is 0 Å². The normalized spacial score (nSPS) is 10.9. The maximum Gasteiger partial charge on any atom is 0.133 e. The first-order valence-corrected chi connectivity index (χ1v) is 6.89. The molecule has 0 aliphatic heterocycles. The van der Waals surface area contributed by atoms with Crippen LogP contribution < -0.4 is 0 Å². The molecule has 4 rings (SSSR count). The summed E-state index contributed by atoms with van der Waals surface area (Å²) in [6.07, 6.45) is 3.54. The van der Waals surface area contributed by atoms with Gasteiger partial charge in [0.25, 0.3) is 0 Å². The second kappa shape index (κ2) is 4.91. The first kappa shape index (κ1) is 11.9. The lowest BCUT2D eigenvalue weighted by Crippen LogP contribution is -1.83. The number of benzene rings is 2. The van der Waals surface area contributed by atoms with Gasteiger partial charge in [-0.1, -0.05) is 30.3 Å². The molecule has 4 aromatic rings. The van der Waals surface area contributed by atoms with E-state index in [1.165, 1.54) is 11.1 Å². The molecule has 0 aliphatic rings. The van der Waals surface area contributed by atoms with Crippen LogP contribution >= 0.6 is 0 Å². The van der Waals surface area contributed by atoms with E-state index in [1.54, 1.807) is 6.26 Å². The molecule has 0 unspecified atom stereocenters. The topological polar surface area (TPSA) is 26.0 Å². The van der Waals surface area contributed by atoms with Crippen molar-refractivity contribution in [2.75, 3.05) is 0 Å². The minimum absolute atomic E-state index is 0.916. The van der Waals surface area contributed by atoms with Gasteiger partial charge in [0.05, 0.1) is 12.0 Å². The Kier molecular flexibility index (Phi) is 2.79. The van der Waals surface area contributed by atoms with Crippen molar-refractivity contribution in [1.82, 2.24) is 4.98 Å². The monoisotopic (exact) mass is 271 g/mol. The summed E-state index contributed by atoms with van der Waals surface area (Å²) in [5, 5.41) is 1.12. The van der Waals surface area contributed by atoms with Crippen molar-refractivity contribution in [1.29, 1.82) is 0 Å². The Morgan fingerprint density at radius 2 is 1.62 bits per heavy atom. The molecule has 2 aromatic carbocycles. The molecule has 21 heavy (non-hydrogen) atoms. The van der Waals surface area contributed by atoms with Crippen molar-refractivity contribution in [3.05, 3.63) is 79.2 Å². The second-order valence-electron chi connectivity index (χ2n) is 4.97. The summed E-state index contributed by atoms with van der Waals surface area (Å²) >= 11 is 0. The first-order chi connectivity index (χ1) is 10.4. The molecular formula is C19H13NO. The molecule has 0 bridgehead atoms. The van der Waals surface area contributed by atoms with Crippen LogP contribution in [-0.2, 0) is 0 Å². The van der Waals surface area contributed by atoms with Crippen LogP contribution in [0.1, 0.15) is 0 Å². The molecule has 2 heterocycles. The van der Waals surface area contributed by atoms with Gasteiger partial charge in [0, 0.05) is 17.1 Å². The predicted octanol–water partition coefficient (Wildman–Crippen LogP) is 5.16. The average Bonchev–Trinajstić information content (AvgIpc) is 3.03. The fourth-order valence-electron chi connectivity index (χ4n) is 2.54. The Balaban J connectivity index is 1.81. The minimum Gasteiger partial charge on any atom is -0.464 e. The van der Waals surface area contributed by atoms with Crippen molar-refractivity contribution in [2.24, 2.45) is 0 Å². The molecular weight excluding hydrogens is 258 g/mol. The standard InChI is InChI=1S/C19H13NO/c1-2-10-20-18(6-1)16-5-3-4-14(12-16)15-7-8-19-17(13-15)9-11-21-19/h1-13H. The van der Waals surface area contributed by atoms with E-state index in [2.05, 4.69) is 41.4 Å². The van der Waals surface area contributed by atoms with Gasteiger partial charge in [-0.25, -0.2) is 0 Å². The molecule has 0 amide bonds. The fraction of sp³-hybridized carbons (Fsp3) is 0. The van der Waals surface area contributed by atoms with Crippen LogP contribution in [0.3, 0.4) is 0 Å². The van der Waals surface area contributed by atoms with Crippen molar-refractivity contribution >= 4 is 11.0 Å². The predicted molar refractivity (Wildman–Crippen MR) is 84.9 cm³/mol. The summed E-state index contributed by atoms with van der Waals surface area (Å²) < 4.78 is 5.39. The highest BCUT2D eigenvalue weighted by Gasteiger charge is 2.04. The Morgan fingerprint density at radius 3 is 2.52 bits per heavy atom. The third-order valence-electron chi connectivity index (χ3n) is 3.61. The number of rotatable bonds is 2. The smallest absolute Gasteiger partial charge is 0.133 e. The van der Waals surface area contributed by atoms with Gasteiger partial charge in [-0.15, -0.1) is 0 Å². The number of aromatic nitrogens is 1. The van der Waals surface area contributed by atoms with Crippen LogP contribution in [0, 0.1) is 0 Å². The number of furan rings is 1. The van der Waals surface area contributed by atoms with Gasteiger partial charge < -0.3 is 4.42 Å². The highest BCUT2D eigenvalue weighted by molar-refractivity contribution is 5.84. The Hall–Kier alpha value is -2.87. The van der Waals surface area contributed by atoms with Crippen molar-refractivity contribution in [3.8, 4) is 22.4 Å². The number of hydrogen-bond donors (Lipinski definition) is 0. The Labute approximate surface area is 122 Å². The zero-order valence-electron chi connectivity index (χ0n) is 11.4. The van der Waals surface area contributed by atoms with E-state index in [0.29, 0.717) is 0 Å². The lowest BCUT2D eigenvalue weighted by atomic mass is 10.0. The Bertz CT molecular complexity index is 894. The van der Waals surface area contributed by atoms with Crippen LogP contribution in [-0.4, -0.2) is 4.98 Å². The summed E-state index contributed by atoms with van der Waals surface area (Å²) in [4.78, 5) is 4.41. The zero-order valence-corrected chi connectivity index (χ0v) is 11.4. The van der Waals surface area contributed by atoms with E-state index in [9.17, 15) is 0 Å². The van der Waals surface area contributed by atoms with Gasteiger partial charge in [-0.2, -0.15) is 0 Å². The molecule has 0 fully saturated rings. The van der Waals surface area contributed by atoms with Gasteiger partial charge in [0.1, 0.15) is 5.58 Å². The molecule has 2 heteroatoms. The van der Waals surface area contributed by atoms with Crippen LogP contribution in [0.15, 0.2) is 83.6 Å². The van der Waals surface area contributed by atoms with Crippen LogP contribution in [0.25, 0.3) is 33.4 Å². The quantitative estimate of drug-likeness (QED) is 0.503. The molecule has 0 aliphatic carbocycles. The van der Waals surface area contributed by atoms with E-state index < -0.39 is 0 Å². The maximum absolute atomic E-state index is 5.39. The molecule has 0 saturated heterocycles. The molecule has 0 N–H and O–H groups in total. The van der Waals surface area contributed by atoms with E-state index in [0.717, 1.165) is 22.2 Å². The number of pyridine rings is 1. The summed E-state index contributed by atoms with van der Waals surface area (Å²) in [7, 11) is 0. The lowest BCUT2D eigenvalue weighted by molar-refractivity contribution is 0.616. The third-order valence-corrected chi connectivity index (χ3v) is 3.61. The van der Waals surface area contributed by atoms with E-state index in [1.807, 2.05) is 36.5 Å². The van der Waals surface area contributed by atoms with Gasteiger partial charge >= 0.3 is 0 Å². The molecule has 0 spiro atoms. The summed E-state index contributed by atoms with van der Waals surface area (Å²) in [6.45, 7) is 0. The van der Waals surface area contributed by atoms with E-state index in [-0.39, 0.29) is 0 Å². The highest BCUT2D eigenvalue weighted by Crippen LogP contribution is 2.28. The van der Waals surface area contributed by atoms with Crippen molar-refractivity contribution < 1.29 is 4.42 Å². The molecule has 0 atom stereocenters. The van der Waals surface area contributed by atoms with Gasteiger partial charge in [-0.3, -0.25) is 4.98 Å². The van der Waals surface area contributed by atoms with Crippen LogP contribution in [0.4, 0.5) is 0 Å². The average molecular weight is 271 g/mol. The highest BCUT2D eigenvalue weighted by atomic mass is 16.3. The second-order valence-corrected chi connectivity index (χ2v) is 4.97. The van der Waals surface area contributed by atoms with Crippen LogP contribution in [0.2, 0.25) is 0 Å². The van der Waals surface area contributed by atoms with E-state index >= 15 is 0 Å². The number of hydrogen-bond acceptors (Lipinski definition) is 2. The number of fused-ring (bicyclic) bond motifs is 1. The van der Waals surface area contributed by atoms with Crippen molar-refractivity contribution in [2.45, 2.75) is 0 Å². The molecule has 2 aromatic heterocycles. The SMILES string of the molecule is c1ccc(-c2cccc(-c3ccc4occc4c3)c2)nc1. The molecule has 0 radical (unpaired) electrons. The molecule has 0 saturated carbocycles. The minimum atomic E-state index is 0.916. The maximum atomic E-state index is 5.39. The summed E-state index contributed by atoms with van der Waals surface area (Å²) in [6, 6.07) is 22.6. The molecule has 2 nitrogen and oxygen atoms in total. The van der Waals surface area contributed by atoms with Gasteiger partial charge in [0.15, 0.2) is 0 Å². The largest absolute Gasteiger partial charge is 0.464 e. The summed E-state index contributed by atoms with van der Waals surface area (Å²) in [5.41, 5.74) is 5.40. The first-order valence-electron chi connectivity index (χ1n) is 6.89. The Morgan fingerprint density at radius 1 is 0.714 bits per heavy atom. The number of nitrogens with zero attached hydrogens (tertiary/aromatic N) is 1.